The van der Waals surface area contributed by atoms with E-state index in [9.17, 15) is 9.59 Å². The second-order valence-electron chi connectivity index (χ2n) is 7.81. The van der Waals surface area contributed by atoms with Gasteiger partial charge in [0.15, 0.2) is 0 Å². The monoisotopic (exact) mass is 340 g/mol. The fraction of sp³-hybridized carbons (Fsp3) is 0.619. The second kappa shape index (κ2) is 7.19. The summed E-state index contributed by atoms with van der Waals surface area (Å²) < 4.78 is 0. The Morgan fingerprint density at radius 2 is 1.76 bits per heavy atom. The molecule has 1 unspecified atom stereocenters. The molecular weight excluding hydrogens is 312 g/mol. The Morgan fingerprint density at radius 1 is 1.00 bits per heavy atom. The first kappa shape index (κ1) is 16.6. The van der Waals surface area contributed by atoms with Crippen LogP contribution in [0.1, 0.15) is 62.1 Å². The summed E-state index contributed by atoms with van der Waals surface area (Å²) in [5.41, 5.74) is 2.58. The number of amides is 2. The van der Waals surface area contributed by atoms with Crippen LogP contribution in [0.3, 0.4) is 0 Å². The first-order valence-corrected chi connectivity index (χ1v) is 9.90. The summed E-state index contributed by atoms with van der Waals surface area (Å²) in [4.78, 5) is 29.7. The van der Waals surface area contributed by atoms with Crippen LogP contribution >= 0.6 is 0 Å². The van der Waals surface area contributed by atoms with Crippen molar-refractivity contribution in [1.82, 2.24) is 9.80 Å². The third kappa shape index (κ3) is 3.31. The van der Waals surface area contributed by atoms with E-state index in [0.717, 1.165) is 45.1 Å². The lowest BCUT2D eigenvalue weighted by molar-refractivity contribution is -0.151. The summed E-state index contributed by atoms with van der Waals surface area (Å²) in [7, 11) is 0. The van der Waals surface area contributed by atoms with Gasteiger partial charge < -0.3 is 9.80 Å². The van der Waals surface area contributed by atoms with Crippen LogP contribution < -0.4 is 0 Å². The Morgan fingerprint density at radius 3 is 2.56 bits per heavy atom. The number of aryl methyl sites for hydroxylation is 1. The number of carbonyl (C=O) groups is 2. The zero-order chi connectivity index (χ0) is 17.2. The van der Waals surface area contributed by atoms with Crippen molar-refractivity contribution in [1.29, 1.82) is 0 Å². The highest BCUT2D eigenvalue weighted by Crippen LogP contribution is 2.33. The predicted octanol–water partition coefficient (Wildman–Crippen LogP) is 3.32. The van der Waals surface area contributed by atoms with E-state index >= 15 is 0 Å². The number of carbonyl (C=O) groups excluding carboxylic acids is 2. The molecule has 1 aromatic rings. The molecule has 25 heavy (non-hydrogen) atoms. The molecule has 0 aromatic heterocycles. The van der Waals surface area contributed by atoms with Crippen LogP contribution in [0.2, 0.25) is 0 Å². The summed E-state index contributed by atoms with van der Waals surface area (Å²) in [6.45, 7) is 1.75. The van der Waals surface area contributed by atoms with Crippen molar-refractivity contribution >= 4 is 11.8 Å². The van der Waals surface area contributed by atoms with Gasteiger partial charge in [-0.25, -0.2) is 0 Å². The van der Waals surface area contributed by atoms with Gasteiger partial charge in [-0.05, 0) is 36.8 Å². The average molecular weight is 340 g/mol. The maximum Gasteiger partial charge on any atom is 0.242 e. The highest BCUT2D eigenvalue weighted by atomic mass is 16.2. The van der Waals surface area contributed by atoms with Gasteiger partial charge >= 0.3 is 0 Å². The van der Waals surface area contributed by atoms with E-state index in [1.807, 2.05) is 9.80 Å². The van der Waals surface area contributed by atoms with Gasteiger partial charge in [0.2, 0.25) is 11.8 Å². The molecule has 0 radical (unpaired) electrons. The van der Waals surface area contributed by atoms with Crippen LogP contribution in [0.25, 0.3) is 0 Å². The van der Waals surface area contributed by atoms with Gasteiger partial charge in [-0.1, -0.05) is 49.9 Å². The number of nitrogens with zero attached hydrogens (tertiary/aromatic N) is 2. The number of hydrogen-bond donors (Lipinski definition) is 0. The van der Waals surface area contributed by atoms with E-state index < -0.39 is 0 Å². The summed E-state index contributed by atoms with van der Waals surface area (Å²) >= 11 is 0. The van der Waals surface area contributed by atoms with Crippen LogP contribution in [0.15, 0.2) is 24.3 Å². The van der Waals surface area contributed by atoms with Gasteiger partial charge in [-0.2, -0.15) is 0 Å². The molecule has 1 saturated carbocycles. The first-order chi connectivity index (χ1) is 12.2. The molecule has 4 rings (SSSR count). The van der Waals surface area contributed by atoms with Crippen molar-refractivity contribution < 1.29 is 9.59 Å². The highest BCUT2D eigenvalue weighted by molar-refractivity contribution is 5.87. The Bertz CT molecular complexity index is 649. The molecular formula is C21H28N2O2. The van der Waals surface area contributed by atoms with E-state index in [2.05, 4.69) is 24.3 Å². The lowest BCUT2D eigenvalue weighted by Gasteiger charge is -2.41. The maximum absolute atomic E-state index is 13.1. The molecule has 1 saturated heterocycles. The van der Waals surface area contributed by atoms with Crippen molar-refractivity contribution in [3.05, 3.63) is 35.4 Å². The highest BCUT2D eigenvalue weighted by Gasteiger charge is 2.38. The molecule has 2 amide bonds. The summed E-state index contributed by atoms with van der Waals surface area (Å²) in [5.74, 6) is 0.467. The molecule has 1 aliphatic carbocycles. The van der Waals surface area contributed by atoms with E-state index in [4.69, 9.17) is 0 Å². The molecule has 2 heterocycles. The fourth-order valence-corrected chi connectivity index (χ4v) is 4.83. The van der Waals surface area contributed by atoms with Crippen LogP contribution in [-0.4, -0.2) is 41.2 Å². The minimum Gasteiger partial charge on any atom is -0.332 e. The number of piperazine rings is 1. The fourth-order valence-electron chi connectivity index (χ4n) is 4.83. The molecule has 0 bridgehead atoms. The number of benzene rings is 1. The Balaban J connectivity index is 1.57. The summed E-state index contributed by atoms with van der Waals surface area (Å²) in [5, 5.41) is 0. The Kier molecular flexibility index (Phi) is 4.78. The van der Waals surface area contributed by atoms with E-state index in [1.165, 1.54) is 24.0 Å². The lowest BCUT2D eigenvalue weighted by atomic mass is 9.94. The molecule has 1 aromatic carbocycles. The first-order valence-electron chi connectivity index (χ1n) is 9.90. The minimum atomic E-state index is 0.0367. The average Bonchev–Trinajstić information content (AvgIpc) is 3.00. The number of fused-ring (bicyclic) bond motifs is 3. The molecule has 0 N–H and O–H groups in total. The molecule has 4 nitrogen and oxygen atoms in total. The van der Waals surface area contributed by atoms with Gasteiger partial charge in [0.1, 0.15) is 0 Å². The molecule has 2 fully saturated rings. The normalized spacial score (nSPS) is 25.0. The zero-order valence-corrected chi connectivity index (χ0v) is 15.0. The lowest BCUT2D eigenvalue weighted by Crippen LogP contribution is -2.54. The van der Waals surface area contributed by atoms with Crippen LogP contribution in [0.5, 0.6) is 0 Å². The minimum absolute atomic E-state index is 0.0367. The third-order valence-corrected chi connectivity index (χ3v) is 6.19. The smallest absolute Gasteiger partial charge is 0.242 e. The maximum atomic E-state index is 13.1. The SMILES string of the molecule is O=C(C1CCCCCC1)N1CC(=O)N2CCCc3ccccc3C2C1. The van der Waals surface area contributed by atoms with Crippen LogP contribution in [0.4, 0.5) is 0 Å². The standard InChI is InChI=1S/C21H28N2O2/c24-20-15-22(21(25)17-9-3-1-2-4-10-17)14-19-18-12-6-5-8-16(18)11-7-13-23(19)20/h5-6,8,12,17,19H,1-4,7,9-11,13-15H2. The van der Waals surface area contributed by atoms with Gasteiger partial charge in [0.05, 0.1) is 12.6 Å². The topological polar surface area (TPSA) is 40.6 Å². The molecule has 2 aliphatic heterocycles. The van der Waals surface area contributed by atoms with Gasteiger partial charge in [-0.15, -0.1) is 0 Å². The van der Waals surface area contributed by atoms with Crippen LogP contribution in [0, 0.1) is 5.92 Å². The molecule has 0 spiro atoms. The molecule has 134 valence electrons. The Labute approximate surface area is 150 Å². The van der Waals surface area contributed by atoms with E-state index in [0.29, 0.717) is 6.54 Å². The summed E-state index contributed by atoms with van der Waals surface area (Å²) in [6, 6.07) is 8.49. The van der Waals surface area contributed by atoms with Crippen molar-refractivity contribution in [2.75, 3.05) is 19.6 Å². The van der Waals surface area contributed by atoms with E-state index in [1.54, 1.807) is 0 Å². The van der Waals surface area contributed by atoms with Gasteiger partial charge in [0.25, 0.3) is 0 Å². The van der Waals surface area contributed by atoms with Gasteiger partial charge in [-0.3, -0.25) is 9.59 Å². The molecule has 1 atom stereocenters. The van der Waals surface area contributed by atoms with E-state index in [-0.39, 0.29) is 30.3 Å². The predicted molar refractivity (Wildman–Crippen MR) is 97.0 cm³/mol. The third-order valence-electron chi connectivity index (χ3n) is 6.19. The second-order valence-corrected chi connectivity index (χ2v) is 7.81. The van der Waals surface area contributed by atoms with Crippen molar-refractivity contribution in [2.45, 2.75) is 57.4 Å². The largest absolute Gasteiger partial charge is 0.332 e. The summed E-state index contributed by atoms with van der Waals surface area (Å²) in [6.07, 6.45) is 8.80. The van der Waals surface area contributed by atoms with Crippen molar-refractivity contribution in [3.63, 3.8) is 0 Å². The number of rotatable bonds is 1. The van der Waals surface area contributed by atoms with Crippen LogP contribution in [-0.2, 0) is 16.0 Å². The van der Waals surface area contributed by atoms with Gasteiger partial charge in [0, 0.05) is 19.0 Å². The quantitative estimate of drug-likeness (QED) is 0.736. The van der Waals surface area contributed by atoms with Crippen molar-refractivity contribution in [2.24, 2.45) is 5.92 Å². The Hall–Kier alpha value is -1.84. The molecule has 4 heteroatoms. The zero-order valence-electron chi connectivity index (χ0n) is 15.0. The molecule has 3 aliphatic rings. The van der Waals surface area contributed by atoms with Crippen molar-refractivity contribution in [3.8, 4) is 0 Å². The number of hydrogen-bond acceptors (Lipinski definition) is 2.